The van der Waals surface area contributed by atoms with Crippen molar-refractivity contribution in [3.05, 3.63) is 324 Å². The van der Waals surface area contributed by atoms with Crippen LogP contribution in [0.1, 0.15) is 128 Å². The minimum atomic E-state index is 0.685. The monoisotopic (exact) mass is 1460 g/mol. The Morgan fingerprint density at radius 3 is 1.17 bits per heavy atom. The molecule has 0 unspecified atom stereocenters. The fourth-order valence-corrected chi connectivity index (χ4v) is 14.6. The fraction of sp³-hybridized carbons (Fsp3) is 0.270. The zero-order chi connectivity index (χ0) is 74.2. The molecule has 11 heterocycles. The van der Waals surface area contributed by atoms with E-state index in [4.69, 9.17) is 13.9 Å². The van der Waals surface area contributed by atoms with Gasteiger partial charge in [-0.3, -0.25) is 4.98 Å². The third-order valence-electron chi connectivity index (χ3n) is 14.8. The molecule has 1 aliphatic rings. The number of aryl methyl sites for hydroxylation is 17. The lowest BCUT2D eigenvalue weighted by molar-refractivity contribution is 0.171. The van der Waals surface area contributed by atoms with Crippen molar-refractivity contribution in [1.82, 2.24) is 14.1 Å². The van der Waals surface area contributed by atoms with Gasteiger partial charge >= 0.3 is 0 Å². The third kappa shape index (κ3) is 31.6. The van der Waals surface area contributed by atoms with E-state index in [9.17, 15) is 0 Å². The maximum atomic E-state index is 5.46. The van der Waals surface area contributed by atoms with Crippen molar-refractivity contribution in [2.75, 3.05) is 13.2 Å². The molecular formula is C89H109N3O3S6. The quantitative estimate of drug-likeness (QED) is 0.176. The Labute approximate surface area is 631 Å². The standard InChI is InChI=1S/C12H13N.C12H12S2.C11H10.C9H8S2.C8H10O2S.C7H11N.C7H9N.C7H8.C6H8O.C6H8S.2C2H6/c1-10-8-9-11(2)13(10)12-6-4-3-5-7-12;1-9-3-5-11(13-9)7-8-12-6-4-10(2)14-12;1-9-5-4-7-10-6-2-3-8-11(9)10;1-7-4-5-9(11-7)8-3-2-6-10-8;1-5-7-8(6(2)11-5)10-4-3-9-7;1-6-4-5-7(2)8(6)3;1-6-4-3-5-7(2)8-6;1-7-5-3-2-4-6-7;2*1-5-3-4-6(2)7-5;2*1-2/h3-9H,1-2H3;3-8H,1-2H3;2-8H,1H3;2-6H,1H3;3-4H2,1-2H3;4-5H,1-3H3;3-5H,1-2H3;2-6H,1H3;2*3-4H,1-2H3;2*1-2H3. The lowest BCUT2D eigenvalue weighted by Gasteiger charge is -2.15. The molecule has 6 nitrogen and oxygen atoms in total. The molecule has 0 fully saturated rings. The Hall–Kier alpha value is -8.33. The summed E-state index contributed by atoms with van der Waals surface area (Å²) in [6, 6.07) is 75.5. The first-order valence-corrected chi connectivity index (χ1v) is 39.5. The van der Waals surface area contributed by atoms with Crippen LogP contribution in [-0.2, 0) is 7.05 Å². The molecule has 0 atom stereocenters. The summed E-state index contributed by atoms with van der Waals surface area (Å²) in [5, 5.41) is 4.80. The highest BCUT2D eigenvalue weighted by molar-refractivity contribution is 7.21. The maximum Gasteiger partial charge on any atom is 0.175 e. The van der Waals surface area contributed by atoms with E-state index in [1.807, 2.05) is 155 Å². The smallest absolute Gasteiger partial charge is 0.175 e. The minimum Gasteiger partial charge on any atom is -0.485 e. The first kappa shape index (κ1) is 85.1. The molecule has 4 aromatic carbocycles. The van der Waals surface area contributed by atoms with Crippen molar-refractivity contribution in [3.8, 4) is 26.9 Å². The number of benzene rings is 4. The zero-order valence-corrected chi connectivity index (χ0v) is 68.8. The van der Waals surface area contributed by atoms with Gasteiger partial charge in [0.15, 0.2) is 11.5 Å². The number of hydrogen-bond acceptors (Lipinski definition) is 10. The number of rotatable bonds is 4. The van der Waals surface area contributed by atoms with E-state index in [-0.39, 0.29) is 0 Å². The van der Waals surface area contributed by atoms with Gasteiger partial charge in [-0.15, -0.1) is 68.0 Å². The van der Waals surface area contributed by atoms with Crippen LogP contribution in [0.25, 0.3) is 38.4 Å². The maximum absolute atomic E-state index is 5.46. The first-order valence-electron chi connectivity index (χ1n) is 34.5. The van der Waals surface area contributed by atoms with Gasteiger partial charge in [0.1, 0.15) is 24.7 Å². The summed E-state index contributed by atoms with van der Waals surface area (Å²) in [6.07, 6.45) is 4.37. The van der Waals surface area contributed by atoms with Gasteiger partial charge in [-0.2, -0.15) is 0 Å². The highest BCUT2D eigenvalue weighted by Crippen LogP contribution is 2.42. The fourth-order valence-electron chi connectivity index (χ4n) is 9.61. The molecule has 0 amide bonds. The second-order valence-electron chi connectivity index (χ2n) is 23.3. The van der Waals surface area contributed by atoms with Crippen molar-refractivity contribution < 1.29 is 13.9 Å². The molecule has 14 aromatic rings. The van der Waals surface area contributed by atoms with Crippen LogP contribution < -0.4 is 9.47 Å². The molecule has 12 heteroatoms. The number of thiophene rings is 6. The number of aromatic nitrogens is 3. The molecule has 0 saturated heterocycles. The van der Waals surface area contributed by atoms with E-state index < -0.39 is 0 Å². The number of nitrogens with zero attached hydrogens (tertiary/aromatic N) is 3. The third-order valence-corrected chi connectivity index (χ3v) is 20.7. The lowest BCUT2D eigenvalue weighted by atomic mass is 10.1. The Bertz CT molecular complexity index is 4320. The van der Waals surface area contributed by atoms with Crippen molar-refractivity contribution in [2.24, 2.45) is 7.05 Å². The highest BCUT2D eigenvalue weighted by atomic mass is 32.1. The molecule has 0 saturated carbocycles. The minimum absolute atomic E-state index is 0.685. The summed E-state index contributed by atoms with van der Waals surface area (Å²) in [5.74, 6) is 3.88. The van der Waals surface area contributed by atoms with E-state index in [0.717, 1.165) is 34.4 Å². The molecule has 1 aliphatic heterocycles. The predicted octanol–water partition coefficient (Wildman–Crippen LogP) is 28.4. The highest BCUT2D eigenvalue weighted by Gasteiger charge is 2.19. The van der Waals surface area contributed by atoms with Crippen LogP contribution in [0, 0.1) is 118 Å². The van der Waals surface area contributed by atoms with Crippen molar-refractivity contribution in [2.45, 2.75) is 145 Å². The number of furan rings is 1. The number of fused-ring (bicyclic) bond motifs is 2. The van der Waals surface area contributed by atoms with Gasteiger partial charge in [0.25, 0.3) is 0 Å². The SMILES string of the molecule is CC.CC.Cc1ccc(-c2cccs2)s1.Cc1ccc(C)n1-c1ccccc1.Cc1ccc(C)n1C.Cc1ccc(C)o1.Cc1ccc(C)s1.Cc1ccc(C=Cc2ccc(C)s2)s1.Cc1cccc(C)n1.Cc1cccc2ccccc12.Cc1ccccc1.Cc1sc(C)c2c1OCCO2. The van der Waals surface area contributed by atoms with Crippen LogP contribution in [0.4, 0.5) is 0 Å². The van der Waals surface area contributed by atoms with E-state index in [0.29, 0.717) is 13.2 Å². The molecule has 0 N–H and O–H groups in total. The summed E-state index contributed by atoms with van der Waals surface area (Å²) in [7, 11) is 2.07. The molecule has 101 heavy (non-hydrogen) atoms. The van der Waals surface area contributed by atoms with Crippen molar-refractivity contribution in [3.63, 3.8) is 0 Å². The van der Waals surface area contributed by atoms with E-state index in [1.54, 1.807) is 22.7 Å². The number of ether oxygens (including phenoxy) is 2. The Balaban J connectivity index is 0.000000239. The van der Waals surface area contributed by atoms with Crippen molar-refractivity contribution >= 4 is 90.9 Å². The van der Waals surface area contributed by atoms with Gasteiger partial charge in [-0.1, -0.05) is 136 Å². The number of hydrogen-bond donors (Lipinski definition) is 0. The molecule has 0 radical (unpaired) electrons. The van der Waals surface area contributed by atoms with E-state index >= 15 is 0 Å². The second-order valence-corrected chi connectivity index (χ2v) is 31.1. The molecular weight excluding hydrogens is 1350 g/mol. The molecule has 10 aromatic heterocycles. The van der Waals surface area contributed by atoms with Gasteiger partial charge in [0.05, 0.1) is 0 Å². The van der Waals surface area contributed by atoms with Gasteiger partial charge in [-0.25, -0.2) is 0 Å². The first-order chi connectivity index (χ1) is 48.5. The van der Waals surface area contributed by atoms with Crippen LogP contribution in [0.15, 0.2) is 228 Å². The molecule has 534 valence electrons. The van der Waals surface area contributed by atoms with Crippen LogP contribution in [-0.4, -0.2) is 27.3 Å². The number of pyridine rings is 1. The Kier molecular flexibility index (Phi) is 39.6. The van der Waals surface area contributed by atoms with Crippen molar-refractivity contribution in [1.29, 1.82) is 0 Å². The van der Waals surface area contributed by atoms with Crippen LogP contribution in [0.2, 0.25) is 0 Å². The van der Waals surface area contributed by atoms with Crippen LogP contribution in [0.3, 0.4) is 0 Å². The Morgan fingerprint density at radius 1 is 0.366 bits per heavy atom. The van der Waals surface area contributed by atoms with Gasteiger partial charge in [0.2, 0.25) is 0 Å². The summed E-state index contributed by atoms with van der Waals surface area (Å²) in [4.78, 5) is 19.0. The predicted molar refractivity (Wildman–Crippen MR) is 453 cm³/mol. The average molecular weight is 1460 g/mol. The zero-order valence-electron chi connectivity index (χ0n) is 63.9. The summed E-state index contributed by atoms with van der Waals surface area (Å²) in [6.45, 7) is 44.7. The molecule has 0 spiro atoms. The largest absolute Gasteiger partial charge is 0.485 e. The average Bonchev–Trinajstić information content (AvgIpc) is 1.61. The lowest BCUT2D eigenvalue weighted by Crippen LogP contribution is -2.14. The molecule has 0 bridgehead atoms. The van der Waals surface area contributed by atoms with Gasteiger partial charge in [-0.05, 0) is 267 Å². The normalized spacial score (nSPS) is 10.3. The van der Waals surface area contributed by atoms with E-state index in [2.05, 4.69) is 292 Å². The number of para-hydroxylation sites is 1. The Morgan fingerprint density at radius 2 is 0.802 bits per heavy atom. The second kappa shape index (κ2) is 47.0. The molecule has 0 aliphatic carbocycles. The molecule has 15 rings (SSSR count). The summed E-state index contributed by atoms with van der Waals surface area (Å²) >= 11 is 10.9. The topological polar surface area (TPSA) is 54.4 Å². The van der Waals surface area contributed by atoms with Gasteiger partial charge in [0, 0.05) is 101 Å². The van der Waals surface area contributed by atoms with Crippen LogP contribution in [0.5, 0.6) is 11.5 Å². The van der Waals surface area contributed by atoms with Crippen LogP contribution >= 0.6 is 68.0 Å². The van der Waals surface area contributed by atoms with E-state index in [1.165, 1.54) is 104 Å². The summed E-state index contributed by atoms with van der Waals surface area (Å²) in [5.41, 5.74) is 11.3. The summed E-state index contributed by atoms with van der Waals surface area (Å²) < 4.78 is 20.4. The van der Waals surface area contributed by atoms with Gasteiger partial charge < -0.3 is 23.0 Å².